The molecule has 0 radical (unpaired) electrons. The molecule has 122 valence electrons. The Morgan fingerprint density at radius 3 is 2.32 bits per heavy atom. The van der Waals surface area contributed by atoms with Gasteiger partial charge in [-0.15, -0.1) is 0 Å². The maximum Gasteiger partial charge on any atom is 0.271 e. The maximum atomic E-state index is 12.9. The second-order valence-corrected chi connectivity index (χ2v) is 6.11. The molecular formula is C21H15NO3. The maximum absolute atomic E-state index is 12.9. The Labute approximate surface area is 145 Å². The van der Waals surface area contributed by atoms with Crippen LogP contribution in [0.1, 0.15) is 11.6 Å². The normalized spacial score (nSPS) is 20.3. The number of nitrogens with zero attached hydrogens (tertiary/aromatic N) is 1. The molecule has 0 unspecified atom stereocenters. The van der Waals surface area contributed by atoms with E-state index in [0.29, 0.717) is 11.5 Å². The molecule has 2 heterocycles. The summed E-state index contributed by atoms with van der Waals surface area (Å²) in [6.07, 6.45) is -0.557. The van der Waals surface area contributed by atoms with E-state index in [-0.39, 0.29) is 11.9 Å². The Hall–Kier alpha value is -3.27. The summed E-state index contributed by atoms with van der Waals surface area (Å²) in [6.45, 7) is 0. The van der Waals surface area contributed by atoms with Crippen LogP contribution in [0.4, 0.5) is 5.69 Å². The van der Waals surface area contributed by atoms with Crippen LogP contribution in [0.25, 0.3) is 0 Å². The number of anilines is 1. The third kappa shape index (κ3) is 2.11. The molecule has 4 heteroatoms. The van der Waals surface area contributed by atoms with Gasteiger partial charge in [0.2, 0.25) is 6.10 Å². The van der Waals surface area contributed by atoms with Crippen LogP contribution < -0.4 is 14.4 Å². The lowest BCUT2D eigenvalue weighted by Crippen LogP contribution is -2.61. The average molecular weight is 329 g/mol. The fourth-order valence-corrected chi connectivity index (χ4v) is 3.47. The predicted molar refractivity (Wildman–Crippen MR) is 94.0 cm³/mol. The zero-order valence-corrected chi connectivity index (χ0v) is 13.3. The minimum absolute atomic E-state index is 0.0541. The first-order valence-corrected chi connectivity index (χ1v) is 8.23. The van der Waals surface area contributed by atoms with Crippen molar-refractivity contribution < 1.29 is 14.3 Å². The van der Waals surface area contributed by atoms with Crippen LogP contribution in [-0.2, 0) is 4.79 Å². The van der Waals surface area contributed by atoms with Gasteiger partial charge in [-0.25, -0.2) is 0 Å². The molecule has 1 fully saturated rings. The van der Waals surface area contributed by atoms with Crippen molar-refractivity contribution in [2.45, 2.75) is 12.1 Å². The quantitative estimate of drug-likeness (QED) is 0.657. The van der Waals surface area contributed by atoms with Gasteiger partial charge in [0.05, 0.1) is 5.69 Å². The van der Waals surface area contributed by atoms with E-state index in [4.69, 9.17) is 9.47 Å². The van der Waals surface area contributed by atoms with Crippen LogP contribution in [0.5, 0.6) is 17.2 Å². The SMILES string of the molecule is O=C1[C@@H](Oc2ccccc2)[C@@H]2c3ccccc3Oc3ccccc3N12. The summed E-state index contributed by atoms with van der Waals surface area (Å²) < 4.78 is 12.1. The largest absolute Gasteiger partial charge is 0.478 e. The Bertz CT molecular complexity index is 954. The summed E-state index contributed by atoms with van der Waals surface area (Å²) in [5, 5.41) is 0. The highest BCUT2D eigenvalue weighted by Crippen LogP contribution is 2.50. The number of β-lactam (4-membered cyclic amide) rings is 1. The molecular weight excluding hydrogens is 314 g/mol. The third-order valence-electron chi connectivity index (χ3n) is 4.63. The molecule has 0 N–H and O–H groups in total. The minimum Gasteiger partial charge on any atom is -0.478 e. The third-order valence-corrected chi connectivity index (χ3v) is 4.63. The van der Waals surface area contributed by atoms with Gasteiger partial charge in [-0.3, -0.25) is 9.69 Å². The van der Waals surface area contributed by atoms with Crippen molar-refractivity contribution in [3.63, 3.8) is 0 Å². The molecule has 1 amide bonds. The molecule has 5 rings (SSSR count). The molecule has 1 saturated heterocycles. The summed E-state index contributed by atoms with van der Waals surface area (Å²) in [5.41, 5.74) is 1.74. The van der Waals surface area contributed by atoms with Crippen molar-refractivity contribution >= 4 is 11.6 Å². The van der Waals surface area contributed by atoms with Crippen LogP contribution >= 0.6 is 0 Å². The molecule has 0 aliphatic carbocycles. The van der Waals surface area contributed by atoms with Gasteiger partial charge >= 0.3 is 0 Å². The lowest BCUT2D eigenvalue weighted by atomic mass is 9.89. The number of carbonyl (C=O) groups is 1. The van der Waals surface area contributed by atoms with Crippen LogP contribution in [0.2, 0.25) is 0 Å². The number of hydrogen-bond acceptors (Lipinski definition) is 3. The van der Waals surface area contributed by atoms with E-state index < -0.39 is 6.10 Å². The van der Waals surface area contributed by atoms with Gasteiger partial charge in [-0.1, -0.05) is 48.5 Å². The van der Waals surface area contributed by atoms with E-state index in [1.54, 1.807) is 4.90 Å². The van der Waals surface area contributed by atoms with E-state index >= 15 is 0 Å². The van der Waals surface area contributed by atoms with Crippen molar-refractivity contribution in [1.29, 1.82) is 0 Å². The Kier molecular flexibility index (Phi) is 3.04. The number of carbonyl (C=O) groups excluding carboxylic acids is 1. The van der Waals surface area contributed by atoms with E-state index in [0.717, 1.165) is 17.0 Å². The second kappa shape index (κ2) is 5.38. The van der Waals surface area contributed by atoms with Crippen molar-refractivity contribution in [2.24, 2.45) is 0 Å². The highest BCUT2D eigenvalue weighted by Gasteiger charge is 2.53. The van der Waals surface area contributed by atoms with Crippen molar-refractivity contribution in [2.75, 3.05) is 4.90 Å². The molecule has 4 nitrogen and oxygen atoms in total. The van der Waals surface area contributed by atoms with Crippen LogP contribution in [0.3, 0.4) is 0 Å². The topological polar surface area (TPSA) is 38.8 Å². The van der Waals surface area contributed by atoms with E-state index in [1.807, 2.05) is 78.9 Å². The number of benzene rings is 3. The lowest BCUT2D eigenvalue weighted by molar-refractivity contribution is -0.134. The van der Waals surface area contributed by atoms with Crippen molar-refractivity contribution in [3.05, 3.63) is 84.4 Å². The van der Waals surface area contributed by atoms with Crippen molar-refractivity contribution in [1.82, 2.24) is 0 Å². The second-order valence-electron chi connectivity index (χ2n) is 6.11. The van der Waals surface area contributed by atoms with E-state index in [9.17, 15) is 4.79 Å². The summed E-state index contributed by atoms with van der Waals surface area (Å²) in [6, 6.07) is 24.7. The number of fused-ring (bicyclic) bond motifs is 5. The van der Waals surface area contributed by atoms with Gasteiger partial charge < -0.3 is 9.47 Å². The van der Waals surface area contributed by atoms with Gasteiger partial charge in [0.25, 0.3) is 5.91 Å². The molecule has 0 aromatic heterocycles. The molecule has 0 saturated carbocycles. The first-order chi connectivity index (χ1) is 12.3. The van der Waals surface area contributed by atoms with Gasteiger partial charge in [0.15, 0.2) is 5.75 Å². The van der Waals surface area contributed by atoms with E-state index in [1.165, 1.54) is 0 Å². The number of amides is 1. The molecule has 25 heavy (non-hydrogen) atoms. The van der Waals surface area contributed by atoms with Gasteiger partial charge in [-0.2, -0.15) is 0 Å². The van der Waals surface area contributed by atoms with Crippen molar-refractivity contribution in [3.8, 4) is 17.2 Å². The summed E-state index contributed by atoms with van der Waals surface area (Å²) >= 11 is 0. The predicted octanol–water partition coefficient (Wildman–Crippen LogP) is 4.33. The number of para-hydroxylation sites is 4. The van der Waals surface area contributed by atoms with Crippen LogP contribution in [0.15, 0.2) is 78.9 Å². The lowest BCUT2D eigenvalue weighted by Gasteiger charge is -2.45. The molecule has 0 bridgehead atoms. The van der Waals surface area contributed by atoms with Crippen LogP contribution in [-0.4, -0.2) is 12.0 Å². The average Bonchev–Trinajstić information content (AvgIpc) is 2.79. The van der Waals surface area contributed by atoms with E-state index in [2.05, 4.69) is 0 Å². The standard InChI is InChI=1S/C21H15NO3/c23-21-20(24-14-8-2-1-3-9-14)19-15-10-4-6-12-17(15)25-18-13-7-5-11-16(18)22(19)21/h1-13,19-20H/t19-,20-/m0/s1. The number of hydrogen-bond donors (Lipinski definition) is 0. The summed E-state index contributed by atoms with van der Waals surface area (Å²) in [7, 11) is 0. The van der Waals surface area contributed by atoms with Gasteiger partial charge in [0.1, 0.15) is 17.5 Å². The summed E-state index contributed by atoms with van der Waals surface area (Å²) in [5.74, 6) is 2.08. The zero-order chi connectivity index (χ0) is 16.8. The van der Waals surface area contributed by atoms with Crippen LogP contribution in [0, 0.1) is 0 Å². The molecule has 2 aliphatic rings. The smallest absolute Gasteiger partial charge is 0.271 e. The fourth-order valence-electron chi connectivity index (χ4n) is 3.47. The Morgan fingerprint density at radius 2 is 1.48 bits per heavy atom. The highest BCUT2D eigenvalue weighted by atomic mass is 16.5. The summed E-state index contributed by atoms with van der Waals surface area (Å²) in [4.78, 5) is 14.6. The number of rotatable bonds is 2. The highest BCUT2D eigenvalue weighted by molar-refractivity contribution is 6.07. The molecule has 3 aromatic rings. The monoisotopic (exact) mass is 329 g/mol. The first-order valence-electron chi connectivity index (χ1n) is 8.23. The molecule has 2 atom stereocenters. The molecule has 2 aliphatic heterocycles. The first kappa shape index (κ1) is 14.1. The Morgan fingerprint density at radius 1 is 0.800 bits per heavy atom. The molecule has 3 aromatic carbocycles. The number of ether oxygens (including phenoxy) is 2. The van der Waals surface area contributed by atoms with Gasteiger partial charge in [-0.05, 0) is 30.3 Å². The Balaban J connectivity index is 1.61. The fraction of sp³-hybridized carbons (Fsp3) is 0.0952. The minimum atomic E-state index is -0.557. The van der Waals surface area contributed by atoms with Gasteiger partial charge in [0, 0.05) is 5.56 Å². The zero-order valence-electron chi connectivity index (χ0n) is 13.3. The molecule has 0 spiro atoms.